The first-order chi connectivity index (χ1) is 17.1. The van der Waals surface area contributed by atoms with Crippen LogP contribution in [0.4, 0.5) is 0 Å². The number of aromatic nitrogens is 5. The van der Waals surface area contributed by atoms with Gasteiger partial charge in [0.2, 0.25) is 11.8 Å². The van der Waals surface area contributed by atoms with Crippen LogP contribution in [-0.4, -0.2) is 67.5 Å². The second-order valence-corrected chi connectivity index (χ2v) is 9.40. The number of hydrogen-bond donors (Lipinski definition) is 1. The maximum Gasteiger partial charge on any atom is 0.242 e. The SMILES string of the molecule is O=C(Cn1ccnc1)N1CCC2(CC1)Cc1cn(nn1)CCCOc1ccc(cc1)CCNC2=O. The molecule has 1 aromatic carbocycles. The van der Waals surface area contributed by atoms with Crippen molar-refractivity contribution in [1.29, 1.82) is 0 Å². The minimum atomic E-state index is -0.617. The second-order valence-electron chi connectivity index (χ2n) is 9.40. The van der Waals surface area contributed by atoms with Crippen LogP contribution in [-0.2, 0) is 35.5 Å². The van der Waals surface area contributed by atoms with Crippen molar-refractivity contribution in [3.05, 3.63) is 60.4 Å². The summed E-state index contributed by atoms with van der Waals surface area (Å²) in [6, 6.07) is 8.04. The van der Waals surface area contributed by atoms with Crippen molar-refractivity contribution >= 4 is 11.8 Å². The number of fused-ring (bicyclic) bond motifs is 8. The highest BCUT2D eigenvalue weighted by Crippen LogP contribution is 2.35. The summed E-state index contributed by atoms with van der Waals surface area (Å²) in [6.07, 6.45) is 10.3. The van der Waals surface area contributed by atoms with Crippen molar-refractivity contribution in [3.8, 4) is 5.75 Å². The van der Waals surface area contributed by atoms with Crippen LogP contribution in [0.1, 0.15) is 30.5 Å². The van der Waals surface area contributed by atoms with E-state index in [0.29, 0.717) is 52.0 Å². The van der Waals surface area contributed by atoms with Crippen molar-refractivity contribution in [2.24, 2.45) is 5.41 Å². The quantitative estimate of drug-likeness (QED) is 0.599. The summed E-state index contributed by atoms with van der Waals surface area (Å²) < 4.78 is 9.42. The number of aryl methyl sites for hydroxylation is 1. The van der Waals surface area contributed by atoms with Gasteiger partial charge in [0.1, 0.15) is 12.3 Å². The standard InChI is InChI=1S/C25H31N7O3/c33-23(18-30-14-10-26-19-30)31-12-7-25(8-13-31)16-21-17-32(29-28-21)11-1-15-35-22-4-2-20(3-5-22)6-9-27-24(25)34/h2-5,10,14,17,19H,1,6-9,11-13,15-16,18H2,(H,27,34). The fourth-order valence-electron chi connectivity index (χ4n) is 4.86. The zero-order valence-electron chi connectivity index (χ0n) is 19.8. The van der Waals surface area contributed by atoms with E-state index in [9.17, 15) is 9.59 Å². The maximum absolute atomic E-state index is 13.5. The predicted octanol–water partition coefficient (Wildman–Crippen LogP) is 1.47. The summed E-state index contributed by atoms with van der Waals surface area (Å²) in [5.74, 6) is 0.909. The third-order valence-corrected chi connectivity index (χ3v) is 6.96. The van der Waals surface area contributed by atoms with Gasteiger partial charge in [-0.2, -0.15) is 0 Å². The number of imidazole rings is 1. The molecule has 0 atom stereocenters. The Hall–Kier alpha value is -3.69. The van der Waals surface area contributed by atoms with Crippen molar-refractivity contribution in [2.75, 3.05) is 26.2 Å². The number of amides is 2. The van der Waals surface area contributed by atoms with E-state index in [1.165, 1.54) is 0 Å². The number of ether oxygens (including phenoxy) is 1. The lowest BCUT2D eigenvalue weighted by Gasteiger charge is -2.40. The van der Waals surface area contributed by atoms with E-state index in [1.54, 1.807) is 23.3 Å². The molecule has 184 valence electrons. The van der Waals surface area contributed by atoms with Gasteiger partial charge >= 0.3 is 0 Å². The Labute approximate surface area is 204 Å². The molecule has 0 radical (unpaired) electrons. The molecule has 1 fully saturated rings. The number of piperidine rings is 1. The van der Waals surface area contributed by atoms with E-state index < -0.39 is 5.41 Å². The summed E-state index contributed by atoms with van der Waals surface area (Å²) in [5, 5.41) is 11.8. The van der Waals surface area contributed by atoms with Gasteiger partial charge in [-0.15, -0.1) is 5.10 Å². The lowest BCUT2D eigenvalue weighted by atomic mass is 9.74. The molecule has 0 aliphatic carbocycles. The van der Waals surface area contributed by atoms with Crippen LogP contribution in [0.15, 0.2) is 49.2 Å². The molecule has 10 nitrogen and oxygen atoms in total. The van der Waals surface area contributed by atoms with E-state index in [1.807, 2.05) is 40.0 Å². The molecule has 3 aliphatic rings. The number of nitrogens with one attached hydrogen (secondary N) is 1. The number of carbonyl (C=O) groups excluding carboxylic acids is 2. The summed E-state index contributed by atoms with van der Waals surface area (Å²) in [7, 11) is 0. The van der Waals surface area contributed by atoms with Crippen LogP contribution < -0.4 is 10.1 Å². The van der Waals surface area contributed by atoms with Crippen molar-refractivity contribution < 1.29 is 14.3 Å². The minimum Gasteiger partial charge on any atom is -0.494 e. The second kappa shape index (κ2) is 10.3. The van der Waals surface area contributed by atoms with E-state index in [0.717, 1.165) is 29.8 Å². The van der Waals surface area contributed by atoms with Crippen molar-refractivity contribution in [3.63, 3.8) is 0 Å². The smallest absolute Gasteiger partial charge is 0.242 e. The minimum absolute atomic E-state index is 0.0260. The summed E-state index contributed by atoms with van der Waals surface area (Å²) in [5.41, 5.74) is 1.33. The van der Waals surface area contributed by atoms with Gasteiger partial charge in [0, 0.05) is 57.6 Å². The molecule has 3 aliphatic heterocycles. The molecule has 0 unspecified atom stereocenters. The molecular weight excluding hydrogens is 446 g/mol. The topological polar surface area (TPSA) is 107 Å². The zero-order valence-corrected chi connectivity index (χ0v) is 19.8. The molecule has 4 bridgehead atoms. The van der Waals surface area contributed by atoms with Gasteiger partial charge in [-0.25, -0.2) is 4.98 Å². The molecule has 3 aromatic rings. The van der Waals surface area contributed by atoms with Gasteiger partial charge < -0.3 is 19.5 Å². The molecule has 5 heterocycles. The number of benzene rings is 1. The third-order valence-electron chi connectivity index (χ3n) is 6.96. The monoisotopic (exact) mass is 477 g/mol. The number of hydrogen-bond acceptors (Lipinski definition) is 6. The number of rotatable bonds is 2. The molecule has 2 amide bonds. The fraction of sp³-hybridized carbons (Fsp3) is 0.480. The Kier molecular flexibility index (Phi) is 6.78. The molecule has 1 spiro atoms. The van der Waals surface area contributed by atoms with Crippen LogP contribution in [0.3, 0.4) is 0 Å². The normalized spacial score (nSPS) is 18.6. The maximum atomic E-state index is 13.5. The van der Waals surface area contributed by atoms with Gasteiger partial charge in [0.05, 0.1) is 24.0 Å². The molecular formula is C25H31N7O3. The highest BCUT2D eigenvalue weighted by molar-refractivity contribution is 5.84. The number of likely N-dealkylation sites (tertiary alicyclic amines) is 1. The average Bonchev–Trinajstić information content (AvgIpc) is 3.55. The van der Waals surface area contributed by atoms with E-state index >= 15 is 0 Å². The Balaban J connectivity index is 1.31. The highest BCUT2D eigenvalue weighted by Gasteiger charge is 2.42. The van der Waals surface area contributed by atoms with Gasteiger partial charge in [-0.1, -0.05) is 17.3 Å². The highest BCUT2D eigenvalue weighted by atomic mass is 16.5. The predicted molar refractivity (Wildman–Crippen MR) is 127 cm³/mol. The van der Waals surface area contributed by atoms with E-state index in [4.69, 9.17) is 4.74 Å². The Morgan fingerprint density at radius 1 is 1.14 bits per heavy atom. The van der Waals surface area contributed by atoms with Crippen LogP contribution >= 0.6 is 0 Å². The zero-order chi connectivity index (χ0) is 24.1. The van der Waals surface area contributed by atoms with Gasteiger partial charge in [-0.3, -0.25) is 14.3 Å². The number of carbonyl (C=O) groups is 2. The lowest BCUT2D eigenvalue weighted by Crippen LogP contribution is -2.52. The first kappa shape index (κ1) is 23.1. The van der Waals surface area contributed by atoms with Crippen molar-refractivity contribution in [1.82, 2.24) is 34.8 Å². The summed E-state index contributed by atoms with van der Waals surface area (Å²) in [4.78, 5) is 32.2. The molecule has 1 saturated heterocycles. The van der Waals surface area contributed by atoms with Gasteiger partial charge in [0.25, 0.3) is 0 Å². The molecule has 10 heteroatoms. The molecule has 35 heavy (non-hydrogen) atoms. The van der Waals surface area contributed by atoms with Gasteiger partial charge in [-0.05, 0) is 37.0 Å². The molecule has 6 rings (SSSR count). The Morgan fingerprint density at radius 3 is 2.74 bits per heavy atom. The third kappa shape index (κ3) is 5.52. The van der Waals surface area contributed by atoms with Crippen molar-refractivity contribution in [2.45, 2.75) is 45.2 Å². The summed E-state index contributed by atoms with van der Waals surface area (Å²) in [6.45, 7) is 3.18. The van der Waals surface area contributed by atoms with Crippen LogP contribution in [0.2, 0.25) is 0 Å². The molecule has 1 N–H and O–H groups in total. The van der Waals surface area contributed by atoms with E-state index in [-0.39, 0.29) is 18.4 Å². The first-order valence-electron chi connectivity index (χ1n) is 12.2. The molecule has 2 aromatic heterocycles. The average molecular weight is 478 g/mol. The van der Waals surface area contributed by atoms with E-state index in [2.05, 4.69) is 20.6 Å². The van der Waals surface area contributed by atoms with Gasteiger partial charge in [0.15, 0.2) is 0 Å². The lowest BCUT2D eigenvalue weighted by molar-refractivity contribution is -0.141. The molecule has 0 saturated carbocycles. The van der Waals surface area contributed by atoms with Crippen LogP contribution in [0.5, 0.6) is 5.75 Å². The Bertz CT molecular complexity index is 1130. The first-order valence-corrected chi connectivity index (χ1v) is 12.2. The van der Waals surface area contributed by atoms with Crippen LogP contribution in [0.25, 0.3) is 0 Å². The fourth-order valence-corrected chi connectivity index (χ4v) is 4.86. The largest absolute Gasteiger partial charge is 0.494 e. The Morgan fingerprint density at radius 2 is 1.97 bits per heavy atom. The number of nitrogens with zero attached hydrogens (tertiary/aromatic N) is 6. The summed E-state index contributed by atoms with van der Waals surface area (Å²) >= 11 is 0. The van der Waals surface area contributed by atoms with Crippen LogP contribution in [0, 0.1) is 5.41 Å².